The minimum atomic E-state index is -3.49. The van der Waals surface area contributed by atoms with Gasteiger partial charge in [-0.15, -0.1) is 0 Å². The first-order valence-corrected chi connectivity index (χ1v) is 8.33. The van der Waals surface area contributed by atoms with E-state index >= 15 is 0 Å². The fourth-order valence-corrected chi connectivity index (χ4v) is 2.93. The summed E-state index contributed by atoms with van der Waals surface area (Å²) >= 11 is 0. The molecule has 0 saturated heterocycles. The molecule has 5 nitrogen and oxygen atoms in total. The summed E-state index contributed by atoms with van der Waals surface area (Å²) in [7, 11) is -3.49. The fourth-order valence-electron chi connectivity index (χ4n) is 1.89. The summed E-state index contributed by atoms with van der Waals surface area (Å²) in [5.74, 6) is -0.132. The van der Waals surface area contributed by atoms with Crippen LogP contribution in [0, 0.1) is 0 Å². The highest BCUT2D eigenvalue weighted by Gasteiger charge is 2.16. The summed E-state index contributed by atoms with van der Waals surface area (Å²) in [5, 5.41) is 0. The van der Waals surface area contributed by atoms with E-state index in [1.807, 2.05) is 13.8 Å². The van der Waals surface area contributed by atoms with Gasteiger partial charge in [-0.05, 0) is 38.1 Å². The van der Waals surface area contributed by atoms with Crippen LogP contribution in [0.5, 0.6) is 0 Å². The molecule has 116 valence electrons. The summed E-state index contributed by atoms with van der Waals surface area (Å²) in [6, 6.07) is 5.96. The number of nitrogens with zero attached hydrogens (tertiary/aromatic N) is 1. The number of nitrogens with one attached hydrogen (secondary N) is 1. The SMILES string of the molecule is C=C(C)CN(CC)C(=O)c1ccc(S(=O)(=O)NCC)cc1. The quantitative estimate of drug-likeness (QED) is 0.784. The maximum atomic E-state index is 12.3. The van der Waals surface area contributed by atoms with Gasteiger partial charge in [0.1, 0.15) is 0 Å². The number of hydrogen-bond acceptors (Lipinski definition) is 3. The topological polar surface area (TPSA) is 66.5 Å². The maximum Gasteiger partial charge on any atom is 0.254 e. The third-order valence-electron chi connectivity index (χ3n) is 2.88. The molecule has 1 aromatic carbocycles. The van der Waals surface area contributed by atoms with Crippen LogP contribution in [0.2, 0.25) is 0 Å². The number of rotatable bonds is 7. The third-order valence-corrected chi connectivity index (χ3v) is 4.44. The molecule has 0 bridgehead atoms. The van der Waals surface area contributed by atoms with E-state index in [1.54, 1.807) is 11.8 Å². The molecule has 21 heavy (non-hydrogen) atoms. The predicted molar refractivity (Wildman–Crippen MR) is 83.7 cm³/mol. The molecule has 1 amide bonds. The van der Waals surface area contributed by atoms with E-state index in [0.29, 0.717) is 25.2 Å². The largest absolute Gasteiger partial charge is 0.335 e. The summed E-state index contributed by atoms with van der Waals surface area (Å²) in [6.07, 6.45) is 0. The Hall–Kier alpha value is -1.66. The number of amides is 1. The summed E-state index contributed by atoms with van der Waals surface area (Å²) in [5.41, 5.74) is 1.37. The van der Waals surface area contributed by atoms with E-state index in [0.717, 1.165) is 5.57 Å². The Labute approximate surface area is 126 Å². The lowest BCUT2D eigenvalue weighted by atomic mass is 10.2. The molecule has 1 N–H and O–H groups in total. The van der Waals surface area contributed by atoms with Crippen molar-refractivity contribution in [3.63, 3.8) is 0 Å². The first-order chi connectivity index (χ1) is 9.81. The lowest BCUT2D eigenvalue weighted by Gasteiger charge is -2.21. The molecule has 0 aromatic heterocycles. The molecule has 0 saturated carbocycles. The number of benzene rings is 1. The molecule has 0 radical (unpaired) electrons. The molecule has 0 aliphatic rings. The van der Waals surface area contributed by atoms with Gasteiger partial charge in [-0.3, -0.25) is 4.79 Å². The van der Waals surface area contributed by atoms with E-state index in [1.165, 1.54) is 24.3 Å². The van der Waals surface area contributed by atoms with Crippen molar-refractivity contribution in [2.45, 2.75) is 25.7 Å². The molecule has 0 atom stereocenters. The standard InChI is InChI=1S/C15H22N2O3S/c1-5-16-21(19,20)14-9-7-13(8-10-14)15(18)17(6-2)11-12(3)4/h7-10,16H,3,5-6,11H2,1-2,4H3. The van der Waals surface area contributed by atoms with Crippen LogP contribution < -0.4 is 4.72 Å². The van der Waals surface area contributed by atoms with Crippen LogP contribution in [0.4, 0.5) is 0 Å². The highest BCUT2D eigenvalue weighted by molar-refractivity contribution is 7.89. The van der Waals surface area contributed by atoms with E-state index in [2.05, 4.69) is 11.3 Å². The van der Waals surface area contributed by atoms with E-state index in [9.17, 15) is 13.2 Å². The average Bonchev–Trinajstić information content (AvgIpc) is 2.44. The number of likely N-dealkylation sites (N-methyl/N-ethyl adjacent to an activating group) is 1. The Morgan fingerprint density at radius 3 is 2.24 bits per heavy atom. The van der Waals surface area contributed by atoms with Gasteiger partial charge >= 0.3 is 0 Å². The second kappa shape index (κ2) is 7.38. The normalized spacial score (nSPS) is 11.2. The second-order valence-electron chi connectivity index (χ2n) is 4.80. The smallest absolute Gasteiger partial charge is 0.254 e. The van der Waals surface area contributed by atoms with Gasteiger partial charge in [-0.2, -0.15) is 0 Å². The summed E-state index contributed by atoms with van der Waals surface area (Å²) < 4.78 is 26.1. The zero-order valence-corrected chi connectivity index (χ0v) is 13.5. The van der Waals surface area contributed by atoms with Gasteiger partial charge in [0.15, 0.2) is 0 Å². The highest BCUT2D eigenvalue weighted by atomic mass is 32.2. The predicted octanol–water partition coefficient (Wildman–Crippen LogP) is 2.02. The van der Waals surface area contributed by atoms with Crippen LogP contribution in [0.25, 0.3) is 0 Å². The van der Waals surface area contributed by atoms with Gasteiger partial charge < -0.3 is 4.90 Å². The zero-order chi connectivity index (χ0) is 16.0. The molecule has 0 spiro atoms. The van der Waals surface area contributed by atoms with Gasteiger partial charge in [0.05, 0.1) is 4.90 Å². The van der Waals surface area contributed by atoms with Crippen molar-refractivity contribution in [3.8, 4) is 0 Å². The molecule has 0 aliphatic heterocycles. The van der Waals surface area contributed by atoms with E-state index in [4.69, 9.17) is 0 Å². The number of carbonyl (C=O) groups is 1. The molecule has 1 rings (SSSR count). The van der Waals surface area contributed by atoms with Crippen molar-refractivity contribution >= 4 is 15.9 Å². The Kier molecular flexibility index (Phi) is 6.11. The van der Waals surface area contributed by atoms with Gasteiger partial charge in [0.25, 0.3) is 5.91 Å². The molecule has 0 fully saturated rings. The van der Waals surface area contributed by atoms with Gasteiger partial charge in [0.2, 0.25) is 10.0 Å². The van der Waals surface area contributed by atoms with Gasteiger partial charge in [0, 0.05) is 25.2 Å². The Morgan fingerprint density at radius 1 is 1.24 bits per heavy atom. The average molecular weight is 310 g/mol. The van der Waals surface area contributed by atoms with Crippen molar-refractivity contribution in [2.75, 3.05) is 19.6 Å². The van der Waals surface area contributed by atoms with Crippen molar-refractivity contribution in [1.29, 1.82) is 0 Å². The Balaban J connectivity index is 2.96. The molecular formula is C15H22N2O3S. The maximum absolute atomic E-state index is 12.3. The van der Waals surface area contributed by atoms with Crippen molar-refractivity contribution in [2.24, 2.45) is 0 Å². The number of carbonyl (C=O) groups excluding carboxylic acids is 1. The van der Waals surface area contributed by atoms with E-state index < -0.39 is 10.0 Å². The van der Waals surface area contributed by atoms with E-state index in [-0.39, 0.29) is 10.8 Å². The zero-order valence-electron chi connectivity index (χ0n) is 12.7. The molecule has 0 unspecified atom stereocenters. The minimum Gasteiger partial charge on any atom is -0.335 e. The molecule has 6 heteroatoms. The Bertz CT molecular complexity index is 606. The van der Waals surface area contributed by atoms with Crippen LogP contribution in [0.15, 0.2) is 41.3 Å². The second-order valence-corrected chi connectivity index (χ2v) is 6.57. The summed E-state index contributed by atoms with van der Waals surface area (Å²) in [4.78, 5) is 14.1. The van der Waals surface area contributed by atoms with Gasteiger partial charge in [-0.25, -0.2) is 13.1 Å². The van der Waals surface area contributed by atoms with Crippen LogP contribution in [-0.4, -0.2) is 38.9 Å². The first-order valence-electron chi connectivity index (χ1n) is 6.85. The van der Waals surface area contributed by atoms with Crippen LogP contribution >= 0.6 is 0 Å². The first kappa shape index (κ1) is 17.4. The van der Waals surface area contributed by atoms with Crippen LogP contribution in [-0.2, 0) is 10.0 Å². The van der Waals surface area contributed by atoms with Crippen LogP contribution in [0.3, 0.4) is 0 Å². The monoisotopic (exact) mass is 310 g/mol. The van der Waals surface area contributed by atoms with Crippen LogP contribution in [0.1, 0.15) is 31.1 Å². The third kappa shape index (κ3) is 4.68. The molecule has 0 heterocycles. The number of hydrogen-bond donors (Lipinski definition) is 1. The molecular weight excluding hydrogens is 288 g/mol. The lowest BCUT2D eigenvalue weighted by molar-refractivity contribution is 0.0778. The lowest BCUT2D eigenvalue weighted by Crippen LogP contribution is -2.32. The van der Waals surface area contributed by atoms with Crippen molar-refractivity contribution in [3.05, 3.63) is 42.0 Å². The number of sulfonamides is 1. The fraction of sp³-hybridized carbons (Fsp3) is 0.400. The molecule has 0 aliphatic carbocycles. The Morgan fingerprint density at radius 2 is 1.81 bits per heavy atom. The molecule has 1 aromatic rings. The van der Waals surface area contributed by atoms with Crippen molar-refractivity contribution in [1.82, 2.24) is 9.62 Å². The van der Waals surface area contributed by atoms with Gasteiger partial charge in [-0.1, -0.05) is 19.1 Å². The highest BCUT2D eigenvalue weighted by Crippen LogP contribution is 2.13. The minimum absolute atomic E-state index is 0.132. The van der Waals surface area contributed by atoms with Crippen molar-refractivity contribution < 1.29 is 13.2 Å². The summed E-state index contributed by atoms with van der Waals surface area (Å²) in [6.45, 7) is 10.7.